The largest absolute Gasteiger partial charge is 0.482 e. The Hall–Kier alpha value is -1.33. The molecule has 1 aliphatic heterocycles. The number of benzene rings is 1. The number of amides is 1. The number of piperazine rings is 1. The fraction of sp³-hybridized carbons (Fsp3) is 0.462. The second-order valence-corrected chi connectivity index (χ2v) is 4.97. The number of nitrogens with one attached hydrogen (secondary N) is 1. The molecule has 19 heavy (non-hydrogen) atoms. The van der Waals surface area contributed by atoms with Crippen molar-refractivity contribution in [3.8, 4) is 5.75 Å². The van der Waals surface area contributed by atoms with Gasteiger partial charge in [0.15, 0.2) is 6.61 Å². The maximum Gasteiger partial charge on any atom is 0.260 e. The number of ether oxygens (including phenoxy) is 1. The van der Waals surface area contributed by atoms with Crippen molar-refractivity contribution >= 4 is 17.5 Å². The van der Waals surface area contributed by atoms with Gasteiger partial charge in [0.1, 0.15) is 11.6 Å². The van der Waals surface area contributed by atoms with E-state index in [1.807, 2.05) is 6.92 Å². The number of nitrogens with zero attached hydrogens (tertiary/aromatic N) is 1. The van der Waals surface area contributed by atoms with Gasteiger partial charge < -0.3 is 15.0 Å². The van der Waals surface area contributed by atoms with Crippen LogP contribution < -0.4 is 10.1 Å². The summed E-state index contributed by atoms with van der Waals surface area (Å²) in [7, 11) is 0. The molecule has 1 aromatic carbocycles. The first kappa shape index (κ1) is 14.1. The number of hydrogen-bond donors (Lipinski definition) is 1. The molecular weight excluding hydrogens is 271 g/mol. The predicted molar refractivity (Wildman–Crippen MR) is 70.9 cm³/mol. The van der Waals surface area contributed by atoms with Crippen molar-refractivity contribution in [3.05, 3.63) is 29.0 Å². The van der Waals surface area contributed by atoms with Crippen molar-refractivity contribution in [2.75, 3.05) is 26.2 Å². The van der Waals surface area contributed by atoms with E-state index in [0.717, 1.165) is 12.6 Å². The molecule has 1 aromatic rings. The second-order valence-electron chi connectivity index (χ2n) is 4.56. The molecule has 0 aliphatic carbocycles. The van der Waals surface area contributed by atoms with Gasteiger partial charge in [0.2, 0.25) is 0 Å². The highest BCUT2D eigenvalue weighted by Crippen LogP contribution is 2.24. The fourth-order valence-corrected chi connectivity index (χ4v) is 2.20. The van der Waals surface area contributed by atoms with Gasteiger partial charge in [-0.1, -0.05) is 11.6 Å². The highest BCUT2D eigenvalue weighted by atomic mass is 35.5. The van der Waals surface area contributed by atoms with Gasteiger partial charge in [0.05, 0.1) is 5.02 Å². The van der Waals surface area contributed by atoms with Crippen LogP contribution in [0.2, 0.25) is 5.02 Å². The van der Waals surface area contributed by atoms with Gasteiger partial charge in [0.25, 0.3) is 5.91 Å². The molecule has 1 fully saturated rings. The van der Waals surface area contributed by atoms with Crippen LogP contribution in [-0.4, -0.2) is 43.1 Å². The van der Waals surface area contributed by atoms with Crippen molar-refractivity contribution in [1.29, 1.82) is 0 Å². The summed E-state index contributed by atoms with van der Waals surface area (Å²) >= 11 is 5.82. The van der Waals surface area contributed by atoms with Crippen LogP contribution in [0.1, 0.15) is 6.92 Å². The van der Waals surface area contributed by atoms with E-state index in [9.17, 15) is 9.18 Å². The molecule has 0 radical (unpaired) electrons. The number of hydrogen-bond acceptors (Lipinski definition) is 3. The highest BCUT2D eigenvalue weighted by molar-refractivity contribution is 6.32. The lowest BCUT2D eigenvalue weighted by Gasteiger charge is -2.31. The molecule has 1 aliphatic rings. The van der Waals surface area contributed by atoms with E-state index in [1.165, 1.54) is 12.1 Å². The fourth-order valence-electron chi connectivity index (χ4n) is 1.98. The summed E-state index contributed by atoms with van der Waals surface area (Å²) in [6.45, 7) is 4.06. The van der Waals surface area contributed by atoms with E-state index in [0.29, 0.717) is 18.8 Å². The van der Waals surface area contributed by atoms with Crippen LogP contribution in [0, 0.1) is 5.82 Å². The predicted octanol–water partition coefficient (Wildman–Crippen LogP) is 1.68. The summed E-state index contributed by atoms with van der Waals surface area (Å²) in [6, 6.07) is 4.12. The lowest BCUT2D eigenvalue weighted by molar-refractivity contribution is -0.134. The summed E-state index contributed by atoms with van der Waals surface area (Å²) in [5, 5.41) is 3.43. The van der Waals surface area contributed by atoms with Crippen molar-refractivity contribution < 1.29 is 13.9 Å². The monoisotopic (exact) mass is 286 g/mol. The van der Waals surface area contributed by atoms with Gasteiger partial charge in [-0.15, -0.1) is 0 Å². The topological polar surface area (TPSA) is 41.6 Å². The first-order chi connectivity index (χ1) is 9.06. The Kier molecular flexibility index (Phi) is 4.61. The third-order valence-corrected chi connectivity index (χ3v) is 3.26. The summed E-state index contributed by atoms with van der Waals surface area (Å²) in [6.07, 6.45) is 0. The minimum atomic E-state index is -0.431. The standard InChI is InChI=1S/C13H16ClFN2O2/c1-9-7-17(5-4-16-9)13(18)8-19-12-3-2-10(15)6-11(12)14/h2-3,6,9,16H,4-5,7-8H2,1H3/t9-/m0/s1. The lowest BCUT2D eigenvalue weighted by Crippen LogP contribution is -2.52. The van der Waals surface area contributed by atoms with Crippen molar-refractivity contribution in [3.63, 3.8) is 0 Å². The molecule has 1 saturated heterocycles. The Balaban J connectivity index is 1.89. The quantitative estimate of drug-likeness (QED) is 0.919. The van der Waals surface area contributed by atoms with Gasteiger partial charge in [-0.3, -0.25) is 4.79 Å². The molecule has 2 rings (SSSR count). The van der Waals surface area contributed by atoms with Gasteiger partial charge in [-0.2, -0.15) is 0 Å². The zero-order valence-corrected chi connectivity index (χ0v) is 11.4. The van der Waals surface area contributed by atoms with Crippen LogP contribution in [0.25, 0.3) is 0 Å². The highest BCUT2D eigenvalue weighted by Gasteiger charge is 2.20. The average molecular weight is 287 g/mol. The normalized spacial score (nSPS) is 19.3. The number of halogens is 2. The summed E-state index contributed by atoms with van der Waals surface area (Å²) in [5.74, 6) is -0.201. The first-order valence-electron chi connectivity index (χ1n) is 6.15. The molecule has 1 amide bonds. The molecule has 0 unspecified atom stereocenters. The summed E-state index contributed by atoms with van der Waals surface area (Å²) in [4.78, 5) is 13.7. The molecule has 0 saturated carbocycles. The lowest BCUT2D eigenvalue weighted by atomic mass is 10.2. The van der Waals surface area contributed by atoms with Crippen LogP contribution in [0.5, 0.6) is 5.75 Å². The molecule has 0 bridgehead atoms. The van der Waals surface area contributed by atoms with E-state index in [-0.39, 0.29) is 23.6 Å². The number of carbonyl (C=O) groups is 1. The van der Waals surface area contributed by atoms with Gasteiger partial charge >= 0.3 is 0 Å². The van der Waals surface area contributed by atoms with Crippen LogP contribution in [0.3, 0.4) is 0 Å². The van der Waals surface area contributed by atoms with Gasteiger partial charge in [0, 0.05) is 25.7 Å². The molecule has 0 aromatic heterocycles. The SMILES string of the molecule is C[C@H]1CN(C(=O)COc2ccc(F)cc2Cl)CCN1. The van der Waals surface area contributed by atoms with E-state index >= 15 is 0 Å². The maximum atomic E-state index is 12.9. The molecular formula is C13H16ClFN2O2. The van der Waals surface area contributed by atoms with Crippen molar-refractivity contribution in [2.45, 2.75) is 13.0 Å². The minimum absolute atomic E-state index is 0.0852. The van der Waals surface area contributed by atoms with Crippen LogP contribution >= 0.6 is 11.6 Å². The first-order valence-corrected chi connectivity index (χ1v) is 6.53. The Morgan fingerprint density at radius 3 is 3.11 bits per heavy atom. The average Bonchev–Trinajstić information content (AvgIpc) is 2.37. The molecule has 1 atom stereocenters. The van der Waals surface area contributed by atoms with Gasteiger partial charge in [-0.05, 0) is 25.1 Å². The third kappa shape index (κ3) is 3.81. The molecule has 0 spiro atoms. The Bertz CT molecular complexity index is 470. The van der Waals surface area contributed by atoms with E-state index in [2.05, 4.69) is 5.32 Å². The third-order valence-electron chi connectivity index (χ3n) is 2.97. The number of rotatable bonds is 3. The van der Waals surface area contributed by atoms with Crippen LogP contribution in [0.15, 0.2) is 18.2 Å². The Labute approximate surface area is 116 Å². The van der Waals surface area contributed by atoms with E-state index in [4.69, 9.17) is 16.3 Å². The zero-order valence-electron chi connectivity index (χ0n) is 10.7. The molecule has 6 heteroatoms. The van der Waals surface area contributed by atoms with E-state index < -0.39 is 5.82 Å². The Morgan fingerprint density at radius 1 is 1.63 bits per heavy atom. The Morgan fingerprint density at radius 2 is 2.42 bits per heavy atom. The molecule has 1 heterocycles. The zero-order chi connectivity index (χ0) is 13.8. The summed E-state index contributed by atoms with van der Waals surface area (Å²) in [5.41, 5.74) is 0. The van der Waals surface area contributed by atoms with Gasteiger partial charge in [-0.25, -0.2) is 4.39 Å². The minimum Gasteiger partial charge on any atom is -0.482 e. The molecule has 104 valence electrons. The van der Waals surface area contributed by atoms with Crippen LogP contribution in [0.4, 0.5) is 4.39 Å². The molecule has 4 nitrogen and oxygen atoms in total. The number of carbonyl (C=O) groups excluding carboxylic acids is 1. The van der Waals surface area contributed by atoms with Crippen molar-refractivity contribution in [2.24, 2.45) is 0 Å². The second kappa shape index (κ2) is 6.21. The van der Waals surface area contributed by atoms with Crippen molar-refractivity contribution in [1.82, 2.24) is 10.2 Å². The van der Waals surface area contributed by atoms with Crippen LogP contribution in [-0.2, 0) is 4.79 Å². The van der Waals surface area contributed by atoms with E-state index in [1.54, 1.807) is 4.90 Å². The summed E-state index contributed by atoms with van der Waals surface area (Å²) < 4.78 is 18.2. The molecule has 1 N–H and O–H groups in total. The smallest absolute Gasteiger partial charge is 0.260 e. The maximum absolute atomic E-state index is 12.9.